The van der Waals surface area contributed by atoms with Crippen LogP contribution in [0.1, 0.15) is 6.42 Å². The number of hydrogen-bond donors (Lipinski definition) is 2. The van der Waals surface area contributed by atoms with Gasteiger partial charge in [-0.2, -0.15) is 0 Å². The van der Waals surface area contributed by atoms with Crippen molar-refractivity contribution in [1.82, 2.24) is 5.32 Å². The zero-order chi connectivity index (χ0) is 14.1. The van der Waals surface area contributed by atoms with Crippen LogP contribution in [0.5, 0.6) is 0 Å². The smallest absolute Gasteiger partial charge is 0.236 e. The van der Waals surface area contributed by atoms with Gasteiger partial charge in [0.25, 0.3) is 0 Å². The first-order valence-corrected chi connectivity index (χ1v) is 9.25. The van der Waals surface area contributed by atoms with E-state index in [0.29, 0.717) is 25.2 Å². The van der Waals surface area contributed by atoms with Crippen molar-refractivity contribution in [3.8, 4) is 0 Å². The van der Waals surface area contributed by atoms with E-state index in [2.05, 4.69) is 10.0 Å². The fourth-order valence-electron chi connectivity index (χ4n) is 1.91. The Morgan fingerprint density at radius 2 is 1.79 bits per heavy atom. The van der Waals surface area contributed by atoms with Gasteiger partial charge in [0.05, 0.1) is 10.1 Å². The maximum Gasteiger partial charge on any atom is 0.236 e. The molecule has 1 aromatic carbocycles. The predicted molar refractivity (Wildman–Crippen MR) is 73.4 cm³/mol. The highest BCUT2D eigenvalue weighted by Crippen LogP contribution is 2.18. The molecule has 0 amide bonds. The summed E-state index contributed by atoms with van der Waals surface area (Å²) in [6, 6.07) is 5.69. The molecule has 1 atom stereocenters. The summed E-state index contributed by atoms with van der Waals surface area (Å²) in [4.78, 5) is 0.165. The maximum absolute atomic E-state index is 12.0. The van der Waals surface area contributed by atoms with Crippen LogP contribution in [0.2, 0.25) is 0 Å². The molecule has 2 N–H and O–H groups in total. The van der Waals surface area contributed by atoms with Gasteiger partial charge in [0.15, 0.2) is 9.84 Å². The van der Waals surface area contributed by atoms with Gasteiger partial charge in [0.1, 0.15) is 0 Å². The zero-order valence-corrected chi connectivity index (χ0v) is 12.1. The fourth-order valence-corrected chi connectivity index (χ4v) is 3.94. The van der Waals surface area contributed by atoms with Crippen molar-refractivity contribution in [2.24, 2.45) is 0 Å². The quantitative estimate of drug-likeness (QED) is 0.828. The molecule has 0 saturated carbocycles. The van der Waals surface area contributed by atoms with Gasteiger partial charge in [-0.1, -0.05) is 0 Å². The van der Waals surface area contributed by atoms with Crippen LogP contribution in [0, 0.1) is 0 Å². The van der Waals surface area contributed by atoms with Crippen molar-refractivity contribution >= 4 is 25.5 Å². The summed E-state index contributed by atoms with van der Waals surface area (Å²) < 4.78 is 49.1. The molecule has 2 rings (SSSR count). The zero-order valence-electron chi connectivity index (χ0n) is 10.5. The molecular weight excluding hydrogens is 288 g/mol. The molecule has 0 bridgehead atoms. The summed E-state index contributed by atoms with van der Waals surface area (Å²) >= 11 is 0. The van der Waals surface area contributed by atoms with Gasteiger partial charge in [-0.25, -0.2) is 16.8 Å². The molecule has 1 aliphatic rings. The Labute approximate surface area is 113 Å². The SMILES string of the molecule is CS(=O)(=O)c1ccc(NS(=O)(=O)C2CCNC2)cc1. The summed E-state index contributed by atoms with van der Waals surface area (Å²) in [5, 5.41) is 2.55. The number of nitrogens with one attached hydrogen (secondary N) is 2. The lowest BCUT2D eigenvalue weighted by Gasteiger charge is -2.13. The monoisotopic (exact) mass is 304 g/mol. The number of sulfonamides is 1. The largest absolute Gasteiger partial charge is 0.315 e. The Hall–Kier alpha value is -1.12. The van der Waals surface area contributed by atoms with Crippen LogP contribution in [-0.2, 0) is 19.9 Å². The number of benzene rings is 1. The van der Waals surface area contributed by atoms with E-state index >= 15 is 0 Å². The second-order valence-electron chi connectivity index (χ2n) is 4.56. The minimum Gasteiger partial charge on any atom is -0.315 e. The van der Waals surface area contributed by atoms with Crippen LogP contribution in [0.25, 0.3) is 0 Å². The van der Waals surface area contributed by atoms with E-state index < -0.39 is 25.1 Å². The molecule has 1 aliphatic heterocycles. The molecule has 8 heteroatoms. The highest BCUT2D eigenvalue weighted by Gasteiger charge is 2.28. The average Bonchev–Trinajstić information content (AvgIpc) is 2.82. The van der Waals surface area contributed by atoms with Crippen molar-refractivity contribution in [2.45, 2.75) is 16.6 Å². The highest BCUT2D eigenvalue weighted by atomic mass is 32.2. The Morgan fingerprint density at radius 3 is 2.26 bits per heavy atom. The van der Waals surface area contributed by atoms with Gasteiger partial charge in [-0.05, 0) is 37.2 Å². The second-order valence-corrected chi connectivity index (χ2v) is 8.53. The van der Waals surface area contributed by atoms with Crippen molar-refractivity contribution in [3.05, 3.63) is 24.3 Å². The lowest BCUT2D eigenvalue weighted by Crippen LogP contribution is -2.29. The molecular formula is C11H16N2O4S2. The normalized spacial score (nSPS) is 20.4. The molecule has 0 aromatic heterocycles. The van der Waals surface area contributed by atoms with E-state index in [1.54, 1.807) is 0 Å². The molecule has 1 unspecified atom stereocenters. The minimum absolute atomic E-state index is 0.165. The van der Waals surface area contributed by atoms with E-state index in [1.165, 1.54) is 24.3 Å². The molecule has 1 fully saturated rings. The summed E-state index contributed by atoms with van der Waals surface area (Å²) in [5.41, 5.74) is 0.374. The fraction of sp³-hybridized carbons (Fsp3) is 0.455. The summed E-state index contributed by atoms with van der Waals surface area (Å²) in [6.07, 6.45) is 1.69. The molecule has 0 radical (unpaired) electrons. The second kappa shape index (κ2) is 5.10. The third kappa shape index (κ3) is 3.46. The molecule has 6 nitrogen and oxygen atoms in total. The Balaban J connectivity index is 2.16. The third-order valence-electron chi connectivity index (χ3n) is 3.00. The van der Waals surface area contributed by atoms with E-state index in [0.717, 1.165) is 6.26 Å². The van der Waals surface area contributed by atoms with Crippen LogP contribution in [0.3, 0.4) is 0 Å². The van der Waals surface area contributed by atoms with Gasteiger partial charge >= 0.3 is 0 Å². The molecule has 1 heterocycles. The van der Waals surface area contributed by atoms with E-state index in [-0.39, 0.29) is 4.90 Å². The van der Waals surface area contributed by atoms with Crippen LogP contribution in [0.4, 0.5) is 5.69 Å². The minimum atomic E-state index is -3.42. The predicted octanol–water partition coefficient (Wildman–Crippen LogP) is 0.194. The van der Waals surface area contributed by atoms with Crippen LogP contribution >= 0.6 is 0 Å². The molecule has 0 spiro atoms. The number of rotatable bonds is 4. The summed E-state index contributed by atoms with van der Waals surface area (Å²) in [5.74, 6) is 0. The van der Waals surface area contributed by atoms with Gasteiger partial charge in [0, 0.05) is 18.5 Å². The standard InChI is InChI=1S/C11H16N2O4S2/c1-18(14,15)10-4-2-9(3-5-10)13-19(16,17)11-6-7-12-8-11/h2-5,11-13H,6-8H2,1H3. The van der Waals surface area contributed by atoms with Gasteiger partial charge in [-0.3, -0.25) is 4.72 Å². The number of sulfone groups is 1. The first kappa shape index (κ1) is 14.3. The first-order valence-electron chi connectivity index (χ1n) is 5.81. The molecule has 0 aliphatic carbocycles. The molecule has 1 aromatic rings. The van der Waals surface area contributed by atoms with Crippen molar-refractivity contribution in [3.63, 3.8) is 0 Å². The van der Waals surface area contributed by atoms with E-state index in [1.807, 2.05) is 0 Å². The molecule has 1 saturated heterocycles. The van der Waals surface area contributed by atoms with Gasteiger partial charge in [0.2, 0.25) is 10.0 Å². The average molecular weight is 304 g/mol. The maximum atomic E-state index is 12.0. The first-order chi connectivity index (χ1) is 8.79. The van der Waals surface area contributed by atoms with E-state index in [9.17, 15) is 16.8 Å². The number of hydrogen-bond acceptors (Lipinski definition) is 5. The van der Waals surface area contributed by atoms with Crippen molar-refractivity contribution in [1.29, 1.82) is 0 Å². The lowest BCUT2D eigenvalue weighted by atomic mass is 10.3. The van der Waals surface area contributed by atoms with Crippen molar-refractivity contribution in [2.75, 3.05) is 24.1 Å². The van der Waals surface area contributed by atoms with Gasteiger partial charge in [-0.15, -0.1) is 0 Å². The topological polar surface area (TPSA) is 92.3 Å². The number of anilines is 1. The molecule has 19 heavy (non-hydrogen) atoms. The highest BCUT2D eigenvalue weighted by molar-refractivity contribution is 7.93. The molecule has 106 valence electrons. The summed E-state index contributed by atoms with van der Waals surface area (Å²) in [7, 11) is -6.69. The third-order valence-corrected chi connectivity index (χ3v) is 5.93. The lowest BCUT2D eigenvalue weighted by molar-refractivity contribution is 0.588. The van der Waals surface area contributed by atoms with Crippen LogP contribution in [0.15, 0.2) is 29.2 Å². The van der Waals surface area contributed by atoms with Gasteiger partial charge < -0.3 is 5.32 Å². The Morgan fingerprint density at radius 1 is 1.16 bits per heavy atom. The van der Waals surface area contributed by atoms with Crippen LogP contribution < -0.4 is 10.0 Å². The van der Waals surface area contributed by atoms with E-state index in [4.69, 9.17) is 0 Å². The summed E-state index contributed by atoms with van der Waals surface area (Å²) in [6.45, 7) is 1.13. The Bertz CT molecular complexity index is 644. The van der Waals surface area contributed by atoms with Crippen molar-refractivity contribution < 1.29 is 16.8 Å². The Kier molecular flexibility index (Phi) is 3.84. The van der Waals surface area contributed by atoms with Crippen LogP contribution in [-0.4, -0.2) is 41.4 Å².